The molecule has 0 spiro atoms. The Morgan fingerprint density at radius 2 is 1.25 bits per heavy atom. The van der Waals surface area contributed by atoms with Crippen molar-refractivity contribution >= 4 is 46.0 Å². The van der Waals surface area contributed by atoms with E-state index < -0.39 is 66.5 Å². The van der Waals surface area contributed by atoms with Gasteiger partial charge in [0, 0.05) is 5.92 Å². The first kappa shape index (κ1) is 45.2. The van der Waals surface area contributed by atoms with E-state index >= 15 is 0 Å². The normalized spacial score (nSPS) is 30.2. The molecule has 310 valence electrons. The van der Waals surface area contributed by atoms with Crippen LogP contribution in [0.4, 0.5) is 18.4 Å². The number of nitrogens with zero attached hydrogens (tertiary/aromatic N) is 4. The summed E-state index contributed by atoms with van der Waals surface area (Å²) >= 11 is 2.49. The Labute approximate surface area is 331 Å². The molecule has 5 rings (SSSR count). The Morgan fingerprint density at radius 3 is 1.73 bits per heavy atom. The number of alkyl halides is 2. The Hall–Kier alpha value is -2.54. The highest BCUT2D eigenvalue weighted by atomic mass is 32.2. The highest BCUT2D eigenvalue weighted by Crippen LogP contribution is 2.42. The number of benzene rings is 1. The van der Waals surface area contributed by atoms with Crippen LogP contribution in [0, 0.1) is 5.92 Å². The molecule has 0 bridgehead atoms. The number of aliphatic hydroxyl groups is 2. The Kier molecular flexibility index (Phi) is 16.2. The third kappa shape index (κ3) is 12.0. The van der Waals surface area contributed by atoms with Crippen LogP contribution in [-0.2, 0) is 30.3 Å². The number of aliphatic imine (C=N–C) groups is 2. The van der Waals surface area contributed by atoms with E-state index in [0.717, 1.165) is 28.6 Å². The van der Waals surface area contributed by atoms with Gasteiger partial charge in [0.25, 0.3) is 0 Å². The summed E-state index contributed by atoms with van der Waals surface area (Å²) in [6.45, 7) is 15.3. The average Bonchev–Trinajstić information content (AvgIpc) is 3.74. The molecule has 0 aliphatic carbocycles. The number of halogens is 2. The van der Waals surface area contributed by atoms with E-state index in [9.17, 15) is 28.6 Å². The van der Waals surface area contributed by atoms with Crippen molar-refractivity contribution in [3.8, 4) is 0 Å². The number of carbonyl (C=O) groups excluding carboxylic acids is 2. The summed E-state index contributed by atoms with van der Waals surface area (Å²) in [6, 6.07) is 9.04. The summed E-state index contributed by atoms with van der Waals surface area (Å²) < 4.78 is 55.3. The van der Waals surface area contributed by atoms with Crippen LogP contribution in [0.1, 0.15) is 80.7 Å². The number of aliphatic hydroxyl groups excluding tert-OH is 2. The lowest BCUT2D eigenvalue weighted by Gasteiger charge is -2.41. The van der Waals surface area contributed by atoms with E-state index in [1.165, 1.54) is 16.7 Å². The molecule has 0 unspecified atom stereocenters. The maximum absolute atomic E-state index is 13.3. The third-order valence-electron chi connectivity index (χ3n) is 9.06. The highest BCUT2D eigenvalue weighted by molar-refractivity contribution is 8.14. The Morgan fingerprint density at radius 1 is 0.782 bits per heavy atom. The lowest BCUT2D eigenvalue weighted by atomic mass is 9.88. The second-order valence-corrected chi connectivity index (χ2v) is 17.8. The molecule has 1 aromatic carbocycles. The van der Waals surface area contributed by atoms with Crippen LogP contribution in [-0.4, -0.2) is 134 Å². The summed E-state index contributed by atoms with van der Waals surface area (Å²) in [7, 11) is 0. The third-order valence-corrected chi connectivity index (χ3v) is 11.4. The highest BCUT2D eigenvalue weighted by Gasteiger charge is 2.50. The van der Waals surface area contributed by atoms with Crippen molar-refractivity contribution in [2.75, 3.05) is 26.4 Å². The molecule has 10 atom stereocenters. The number of thioether (sulfide) groups is 2. The van der Waals surface area contributed by atoms with Gasteiger partial charge in [-0.15, -0.1) is 0 Å². The van der Waals surface area contributed by atoms with Crippen LogP contribution in [0.3, 0.4) is 0 Å². The lowest BCUT2D eigenvalue weighted by molar-refractivity contribution is -0.153. The number of hydrogen-bond acceptors (Lipinski definition) is 13. The van der Waals surface area contributed by atoms with Crippen molar-refractivity contribution in [3.63, 3.8) is 0 Å². The van der Waals surface area contributed by atoms with Crippen molar-refractivity contribution in [2.24, 2.45) is 15.9 Å². The number of ether oxygens (including phenoxy) is 5. The van der Waals surface area contributed by atoms with Crippen LogP contribution in [0.25, 0.3) is 0 Å². The summed E-state index contributed by atoms with van der Waals surface area (Å²) in [5.74, 6) is 0.134. The van der Waals surface area contributed by atoms with Gasteiger partial charge >= 0.3 is 12.2 Å². The minimum absolute atomic E-state index is 0.0280. The van der Waals surface area contributed by atoms with E-state index in [1.54, 1.807) is 41.5 Å². The van der Waals surface area contributed by atoms with Gasteiger partial charge in [0.2, 0.25) is 0 Å². The van der Waals surface area contributed by atoms with Gasteiger partial charge in [-0.2, -0.15) is 0 Å². The smallest absolute Gasteiger partial charge is 0.416 e. The zero-order valence-corrected chi connectivity index (χ0v) is 34.9. The predicted octanol–water partition coefficient (Wildman–Crippen LogP) is 6.54. The largest absolute Gasteiger partial charge is 0.443 e. The molecule has 2 N–H and O–H groups in total. The van der Waals surface area contributed by atoms with Crippen molar-refractivity contribution in [3.05, 3.63) is 35.9 Å². The van der Waals surface area contributed by atoms with E-state index in [-0.39, 0.29) is 47.9 Å². The molecule has 55 heavy (non-hydrogen) atoms. The van der Waals surface area contributed by atoms with Gasteiger partial charge < -0.3 is 33.9 Å². The number of fused-ring (bicyclic) bond motifs is 2. The molecular weight excluding hydrogens is 759 g/mol. The molecule has 4 heterocycles. The number of rotatable bonds is 9. The zero-order valence-electron chi connectivity index (χ0n) is 33.2. The number of carbonyl (C=O) groups is 2. The quantitative estimate of drug-likeness (QED) is 0.280. The first-order chi connectivity index (χ1) is 25.9. The molecule has 0 radical (unpaired) electrons. The molecule has 17 heteroatoms. The zero-order chi connectivity index (χ0) is 40.7. The summed E-state index contributed by atoms with van der Waals surface area (Å²) in [4.78, 5) is 36.4. The Balaban J connectivity index is 0.000000253. The minimum atomic E-state index is -1.09. The molecule has 0 saturated carbocycles. The number of amidine groups is 2. The molecule has 2 amide bonds. The van der Waals surface area contributed by atoms with Crippen molar-refractivity contribution < 1.29 is 52.3 Å². The average molecular weight is 817 g/mol. The summed E-state index contributed by atoms with van der Waals surface area (Å²) in [5.41, 5.74) is -1.10. The second-order valence-electron chi connectivity index (χ2n) is 15.7. The maximum Gasteiger partial charge on any atom is 0.416 e. The summed E-state index contributed by atoms with van der Waals surface area (Å²) in [5, 5.41) is 21.0. The van der Waals surface area contributed by atoms with Gasteiger partial charge in [-0.1, -0.05) is 74.6 Å². The van der Waals surface area contributed by atoms with Gasteiger partial charge in [0.05, 0.1) is 38.0 Å². The fraction of sp³-hybridized carbons (Fsp3) is 0.737. The Bertz CT molecular complexity index is 1480. The SMILES string of the molecule is CC[C@H]1O[C@@H]2SC(N(CCF)C(=O)OC(C)(C)C)=N[C@@H]2[C@@H](O)[C@@H]1O.CC[C@H]1O[C@@H]2SC(N(CCF)C(=O)OC(C)(C)C)=N[C@@H]2[C@@H](OCc2ccccc2)[C@@H]1C. The molecule has 4 aliphatic rings. The van der Waals surface area contributed by atoms with Gasteiger partial charge in [0.15, 0.2) is 10.3 Å². The van der Waals surface area contributed by atoms with Crippen LogP contribution >= 0.6 is 23.5 Å². The standard InChI is InChI=1S/C23H33FN2O4S.C15H25FN2O5S/c1-6-17-15(2)19(28-14-16-10-8-7-9-11-16)18-20(29-17)31-21(25-18)26(13-12-24)22(27)30-23(3,4)5;1-5-8-10(19)11(20)9-12(22-8)24-13(17-9)18(7-6-16)14(21)23-15(2,3)4/h7-11,15,17-20H,6,12-14H2,1-5H3;8-12,19-20H,5-7H2,1-4H3/t15-,17-,18-,19+,20-;8-,9-,10-,11-,12-/m11/s1. The van der Waals surface area contributed by atoms with E-state index in [1.807, 2.05) is 37.3 Å². The predicted molar refractivity (Wildman–Crippen MR) is 210 cm³/mol. The maximum atomic E-state index is 13.3. The van der Waals surface area contributed by atoms with E-state index in [4.69, 9.17) is 28.7 Å². The van der Waals surface area contributed by atoms with Gasteiger partial charge in [0.1, 0.15) is 59.7 Å². The molecule has 4 aliphatic heterocycles. The molecule has 2 saturated heterocycles. The first-order valence-electron chi connectivity index (χ1n) is 18.9. The van der Waals surface area contributed by atoms with Crippen LogP contribution < -0.4 is 0 Å². The fourth-order valence-corrected chi connectivity index (χ4v) is 8.86. The van der Waals surface area contributed by atoms with Crippen molar-refractivity contribution in [2.45, 2.75) is 146 Å². The molecule has 0 aromatic heterocycles. The van der Waals surface area contributed by atoms with Gasteiger partial charge in [-0.25, -0.2) is 18.4 Å². The van der Waals surface area contributed by atoms with E-state index in [0.29, 0.717) is 18.2 Å². The minimum Gasteiger partial charge on any atom is -0.443 e. The van der Waals surface area contributed by atoms with Crippen molar-refractivity contribution in [1.29, 1.82) is 0 Å². The number of amides is 2. The van der Waals surface area contributed by atoms with Crippen LogP contribution in [0.5, 0.6) is 0 Å². The molecule has 1 aromatic rings. The first-order valence-corrected chi connectivity index (χ1v) is 20.6. The molecule has 13 nitrogen and oxygen atoms in total. The van der Waals surface area contributed by atoms with Crippen molar-refractivity contribution in [1.82, 2.24) is 9.80 Å². The van der Waals surface area contributed by atoms with Crippen LogP contribution in [0.15, 0.2) is 40.3 Å². The fourth-order valence-electron chi connectivity index (χ4n) is 6.38. The lowest BCUT2D eigenvalue weighted by Crippen LogP contribution is -2.54. The summed E-state index contributed by atoms with van der Waals surface area (Å²) in [6.07, 6.45) is -2.69. The topological polar surface area (TPSA) is 152 Å². The van der Waals surface area contributed by atoms with E-state index in [2.05, 4.69) is 18.8 Å². The number of hydrogen-bond donors (Lipinski definition) is 2. The van der Waals surface area contributed by atoms with Gasteiger partial charge in [-0.3, -0.25) is 19.8 Å². The monoisotopic (exact) mass is 816 g/mol. The molecular formula is C38H58F2N4O9S2. The molecule has 2 fully saturated rings. The van der Waals surface area contributed by atoms with Crippen LogP contribution in [0.2, 0.25) is 0 Å². The van der Waals surface area contributed by atoms with Gasteiger partial charge in [-0.05, 0) is 59.9 Å². The second kappa shape index (κ2) is 19.7.